The van der Waals surface area contributed by atoms with Crippen LogP contribution in [0.25, 0.3) is 0 Å². The van der Waals surface area contributed by atoms with E-state index in [0.717, 1.165) is 16.9 Å². The number of amides is 2. The minimum atomic E-state index is -0.235. The molecule has 6 heteroatoms. The molecule has 138 valence electrons. The van der Waals surface area contributed by atoms with Crippen LogP contribution in [0.4, 0.5) is 5.69 Å². The van der Waals surface area contributed by atoms with Gasteiger partial charge in [0, 0.05) is 12.6 Å². The standard InChI is InChI=1S/C20H24N2O4/c1-13-5-7-17(14(2)11-13)26-10-9-19(23)22-16-12-15(20(24)21-3)6-8-18(16)25-4/h5-8,11-12H,9-10H2,1-4H3,(H,21,24)(H,22,23). The van der Waals surface area contributed by atoms with E-state index in [1.54, 1.807) is 25.2 Å². The summed E-state index contributed by atoms with van der Waals surface area (Å²) < 4.78 is 10.9. The Balaban J connectivity index is 1.97. The molecular weight excluding hydrogens is 332 g/mol. The number of carbonyl (C=O) groups is 2. The van der Waals surface area contributed by atoms with Gasteiger partial charge in [-0.25, -0.2) is 0 Å². The van der Waals surface area contributed by atoms with E-state index >= 15 is 0 Å². The molecule has 0 saturated heterocycles. The van der Waals surface area contributed by atoms with Gasteiger partial charge in [0.2, 0.25) is 5.91 Å². The van der Waals surface area contributed by atoms with Gasteiger partial charge in [0.1, 0.15) is 11.5 Å². The second-order valence-electron chi connectivity index (χ2n) is 5.91. The average Bonchev–Trinajstić information content (AvgIpc) is 2.62. The van der Waals surface area contributed by atoms with Gasteiger partial charge >= 0.3 is 0 Å². The molecule has 2 aromatic carbocycles. The minimum absolute atomic E-state index is 0.181. The number of aryl methyl sites for hydroxylation is 2. The molecule has 0 atom stereocenters. The number of methoxy groups -OCH3 is 1. The van der Waals surface area contributed by atoms with Crippen LogP contribution in [0.5, 0.6) is 11.5 Å². The van der Waals surface area contributed by atoms with E-state index in [0.29, 0.717) is 17.0 Å². The minimum Gasteiger partial charge on any atom is -0.495 e. The zero-order valence-electron chi connectivity index (χ0n) is 15.5. The number of benzene rings is 2. The summed E-state index contributed by atoms with van der Waals surface area (Å²) in [5.74, 6) is 0.798. The van der Waals surface area contributed by atoms with E-state index < -0.39 is 0 Å². The molecule has 0 radical (unpaired) electrons. The number of anilines is 1. The zero-order valence-corrected chi connectivity index (χ0v) is 15.5. The lowest BCUT2D eigenvalue weighted by atomic mass is 10.1. The van der Waals surface area contributed by atoms with Crippen LogP contribution in [0.3, 0.4) is 0 Å². The average molecular weight is 356 g/mol. The molecule has 2 N–H and O–H groups in total. The number of nitrogens with one attached hydrogen (secondary N) is 2. The van der Waals surface area contributed by atoms with E-state index in [4.69, 9.17) is 9.47 Å². The van der Waals surface area contributed by atoms with Gasteiger partial charge in [-0.1, -0.05) is 17.7 Å². The van der Waals surface area contributed by atoms with Crippen LogP contribution in [0.2, 0.25) is 0 Å². The molecular formula is C20H24N2O4. The van der Waals surface area contributed by atoms with Gasteiger partial charge in [-0.05, 0) is 43.7 Å². The highest BCUT2D eigenvalue weighted by molar-refractivity contribution is 5.98. The number of hydrogen-bond acceptors (Lipinski definition) is 4. The van der Waals surface area contributed by atoms with E-state index in [-0.39, 0.29) is 24.8 Å². The van der Waals surface area contributed by atoms with Crippen LogP contribution in [-0.4, -0.2) is 32.6 Å². The van der Waals surface area contributed by atoms with Crippen molar-refractivity contribution in [2.75, 3.05) is 26.1 Å². The van der Waals surface area contributed by atoms with Gasteiger partial charge in [0.05, 0.1) is 25.8 Å². The fourth-order valence-electron chi connectivity index (χ4n) is 2.52. The van der Waals surface area contributed by atoms with Crippen molar-refractivity contribution in [3.05, 3.63) is 53.1 Å². The van der Waals surface area contributed by atoms with Crippen molar-refractivity contribution >= 4 is 17.5 Å². The third-order valence-corrected chi connectivity index (χ3v) is 3.88. The Morgan fingerprint density at radius 3 is 2.42 bits per heavy atom. The Labute approximate surface area is 153 Å². The summed E-state index contributed by atoms with van der Waals surface area (Å²) in [5.41, 5.74) is 3.08. The Morgan fingerprint density at radius 2 is 1.77 bits per heavy atom. The summed E-state index contributed by atoms with van der Waals surface area (Å²) in [5, 5.41) is 5.32. The van der Waals surface area contributed by atoms with Crippen LogP contribution in [0.1, 0.15) is 27.9 Å². The van der Waals surface area contributed by atoms with E-state index in [9.17, 15) is 9.59 Å². The predicted octanol–water partition coefficient (Wildman–Crippen LogP) is 3.08. The van der Waals surface area contributed by atoms with Gasteiger partial charge in [0.15, 0.2) is 0 Å². The first-order valence-electron chi connectivity index (χ1n) is 8.34. The summed E-state index contributed by atoms with van der Waals surface area (Å²) in [7, 11) is 3.06. The predicted molar refractivity (Wildman–Crippen MR) is 101 cm³/mol. The number of ether oxygens (including phenoxy) is 2. The lowest BCUT2D eigenvalue weighted by molar-refractivity contribution is -0.116. The summed E-state index contributed by atoms with van der Waals surface area (Å²) in [6.07, 6.45) is 0.181. The SMILES string of the molecule is CNC(=O)c1ccc(OC)c(NC(=O)CCOc2ccc(C)cc2C)c1. The number of hydrogen-bond donors (Lipinski definition) is 2. The van der Waals surface area contributed by atoms with Gasteiger partial charge in [-0.15, -0.1) is 0 Å². The Kier molecular flexibility index (Phi) is 6.60. The van der Waals surface area contributed by atoms with Crippen molar-refractivity contribution in [3.63, 3.8) is 0 Å². The third kappa shape index (κ3) is 4.99. The summed E-state index contributed by atoms with van der Waals surface area (Å²) in [6.45, 7) is 4.25. The molecule has 0 fully saturated rings. The monoisotopic (exact) mass is 356 g/mol. The molecule has 0 heterocycles. The van der Waals surface area contributed by atoms with Crippen molar-refractivity contribution in [1.29, 1.82) is 0 Å². The zero-order chi connectivity index (χ0) is 19.1. The van der Waals surface area contributed by atoms with E-state index in [1.807, 2.05) is 32.0 Å². The van der Waals surface area contributed by atoms with Crippen molar-refractivity contribution in [3.8, 4) is 11.5 Å². The highest BCUT2D eigenvalue weighted by Crippen LogP contribution is 2.26. The quantitative estimate of drug-likeness (QED) is 0.799. The van der Waals surface area contributed by atoms with Crippen molar-refractivity contribution < 1.29 is 19.1 Å². The molecule has 0 aliphatic rings. The normalized spacial score (nSPS) is 10.2. The van der Waals surface area contributed by atoms with E-state index in [2.05, 4.69) is 10.6 Å². The first-order chi connectivity index (χ1) is 12.4. The van der Waals surface area contributed by atoms with E-state index in [1.165, 1.54) is 7.11 Å². The summed E-state index contributed by atoms with van der Waals surface area (Å²) in [4.78, 5) is 24.0. The summed E-state index contributed by atoms with van der Waals surface area (Å²) >= 11 is 0. The lowest BCUT2D eigenvalue weighted by Gasteiger charge is -2.13. The smallest absolute Gasteiger partial charge is 0.251 e. The van der Waals surface area contributed by atoms with Crippen LogP contribution < -0.4 is 20.1 Å². The van der Waals surface area contributed by atoms with Crippen molar-refractivity contribution in [2.24, 2.45) is 0 Å². The van der Waals surface area contributed by atoms with Crippen LogP contribution >= 0.6 is 0 Å². The largest absolute Gasteiger partial charge is 0.495 e. The van der Waals surface area contributed by atoms with Crippen molar-refractivity contribution in [2.45, 2.75) is 20.3 Å². The van der Waals surface area contributed by atoms with Crippen molar-refractivity contribution in [1.82, 2.24) is 5.32 Å². The maximum Gasteiger partial charge on any atom is 0.251 e. The van der Waals surface area contributed by atoms with Gasteiger partial charge in [0.25, 0.3) is 5.91 Å². The molecule has 0 bridgehead atoms. The molecule has 0 spiro atoms. The molecule has 6 nitrogen and oxygen atoms in total. The molecule has 0 aliphatic carbocycles. The molecule has 2 aromatic rings. The third-order valence-electron chi connectivity index (χ3n) is 3.88. The maximum absolute atomic E-state index is 12.2. The molecule has 0 saturated carbocycles. The van der Waals surface area contributed by atoms with Gasteiger partial charge in [-0.2, -0.15) is 0 Å². The molecule has 0 unspecified atom stereocenters. The van der Waals surface area contributed by atoms with Crippen LogP contribution in [0.15, 0.2) is 36.4 Å². The Morgan fingerprint density at radius 1 is 1.04 bits per heavy atom. The highest BCUT2D eigenvalue weighted by atomic mass is 16.5. The Hall–Kier alpha value is -3.02. The van der Waals surface area contributed by atoms with Crippen LogP contribution in [-0.2, 0) is 4.79 Å². The maximum atomic E-state index is 12.2. The second-order valence-corrected chi connectivity index (χ2v) is 5.91. The van der Waals surface area contributed by atoms with Gasteiger partial charge in [-0.3, -0.25) is 9.59 Å². The molecule has 26 heavy (non-hydrogen) atoms. The Bertz CT molecular complexity index is 802. The van der Waals surface area contributed by atoms with Gasteiger partial charge < -0.3 is 20.1 Å². The fraction of sp³-hybridized carbons (Fsp3) is 0.300. The first kappa shape index (κ1) is 19.3. The number of rotatable bonds is 7. The highest BCUT2D eigenvalue weighted by Gasteiger charge is 2.12. The summed E-state index contributed by atoms with van der Waals surface area (Å²) in [6, 6.07) is 10.8. The fourth-order valence-corrected chi connectivity index (χ4v) is 2.52. The van der Waals surface area contributed by atoms with Crippen LogP contribution in [0, 0.1) is 13.8 Å². The molecule has 0 aliphatic heterocycles. The molecule has 2 amide bonds. The lowest BCUT2D eigenvalue weighted by Crippen LogP contribution is -2.19. The molecule has 2 rings (SSSR count). The molecule has 0 aromatic heterocycles. The first-order valence-corrected chi connectivity index (χ1v) is 8.34. The second kappa shape index (κ2) is 8.89. The topological polar surface area (TPSA) is 76.7 Å². The number of carbonyl (C=O) groups excluding carboxylic acids is 2.